The third-order valence-electron chi connectivity index (χ3n) is 11.7. The van der Waals surface area contributed by atoms with E-state index in [2.05, 4.69) is 55.6 Å². The third kappa shape index (κ3) is 46.5. The summed E-state index contributed by atoms with van der Waals surface area (Å²) in [6.45, 7) is 4.78. The topological polar surface area (TPSA) is 105 Å². The van der Waals surface area contributed by atoms with E-state index in [1.54, 1.807) is 0 Å². The van der Waals surface area contributed by atoms with E-state index in [-0.39, 0.29) is 19.1 Å². The van der Waals surface area contributed by atoms with E-state index in [1.165, 1.54) is 135 Å². The molecule has 0 bridgehead atoms. The van der Waals surface area contributed by atoms with Crippen molar-refractivity contribution in [3.05, 3.63) is 36.5 Å². The quantitative estimate of drug-likeness (QED) is 0.0243. The number of nitrogens with one attached hydrogen (secondary N) is 1. The summed E-state index contributed by atoms with van der Waals surface area (Å²) in [6.07, 6.45) is 54.8. The summed E-state index contributed by atoms with van der Waals surface area (Å²) in [5, 5.41) is 14.0. The smallest absolute Gasteiger partial charge is 0.391 e. The second-order valence-corrected chi connectivity index (χ2v) is 20.3. The molecule has 3 N–H and O–H groups in total. The zero-order valence-corrected chi connectivity index (χ0v) is 41.8. The van der Waals surface area contributed by atoms with Gasteiger partial charge in [0.1, 0.15) is 13.2 Å². The van der Waals surface area contributed by atoms with Gasteiger partial charge in [0, 0.05) is 6.42 Å². The number of likely N-dealkylation sites (N-methyl/N-ethyl adjacent to an activating group) is 1. The number of allylic oxidation sites excluding steroid dienone is 6. The molecule has 0 aliphatic heterocycles. The number of hydrogen-bond donors (Lipinski definition) is 3. The van der Waals surface area contributed by atoms with Crippen molar-refractivity contribution in [2.75, 3.05) is 40.9 Å². The van der Waals surface area contributed by atoms with Gasteiger partial charge < -0.3 is 19.8 Å². The first kappa shape index (κ1) is 59.7. The van der Waals surface area contributed by atoms with Gasteiger partial charge >= 0.3 is 7.82 Å². The number of hydrogen-bond acceptors (Lipinski definition) is 5. The Kier molecular flexibility index (Phi) is 43.0. The molecule has 0 radical (unpaired) electrons. The Morgan fingerprint density at radius 3 is 1.44 bits per heavy atom. The zero-order valence-electron chi connectivity index (χ0n) is 40.9. The maximum Gasteiger partial charge on any atom is 0.472 e. The molecule has 0 spiro atoms. The largest absolute Gasteiger partial charge is 0.472 e. The minimum atomic E-state index is -4.32. The molecule has 360 valence electrons. The highest BCUT2D eigenvalue weighted by Crippen LogP contribution is 2.43. The van der Waals surface area contributed by atoms with Gasteiger partial charge in [-0.05, 0) is 44.9 Å². The molecule has 1 amide bonds. The summed E-state index contributed by atoms with van der Waals surface area (Å²) in [5.74, 6) is -0.160. The van der Waals surface area contributed by atoms with Crippen molar-refractivity contribution < 1.29 is 32.9 Å². The highest BCUT2D eigenvalue weighted by atomic mass is 31.2. The maximum atomic E-state index is 12.9. The van der Waals surface area contributed by atoms with Crippen molar-refractivity contribution in [3.8, 4) is 0 Å². The summed E-state index contributed by atoms with van der Waals surface area (Å²) in [7, 11) is 1.60. The van der Waals surface area contributed by atoms with Crippen molar-refractivity contribution in [1.82, 2.24) is 5.32 Å². The first-order chi connectivity index (χ1) is 29.5. The number of carbonyl (C=O) groups excluding carboxylic acids is 1. The summed E-state index contributed by atoms with van der Waals surface area (Å²) in [4.78, 5) is 23.2. The number of quaternary nitrogens is 1. The van der Waals surface area contributed by atoms with E-state index in [0.717, 1.165) is 77.0 Å². The fourth-order valence-electron chi connectivity index (χ4n) is 7.59. The van der Waals surface area contributed by atoms with Crippen LogP contribution >= 0.6 is 7.82 Å². The minimum Gasteiger partial charge on any atom is -0.391 e. The average Bonchev–Trinajstić information content (AvgIpc) is 3.21. The molecule has 9 heteroatoms. The van der Waals surface area contributed by atoms with Crippen LogP contribution in [-0.2, 0) is 18.4 Å². The molecular formula is C52H102N2O6P+. The Morgan fingerprint density at radius 1 is 0.574 bits per heavy atom. The van der Waals surface area contributed by atoms with Crippen LogP contribution in [0.5, 0.6) is 0 Å². The van der Waals surface area contributed by atoms with Crippen LogP contribution in [0.3, 0.4) is 0 Å². The van der Waals surface area contributed by atoms with Crippen LogP contribution in [0.25, 0.3) is 0 Å². The van der Waals surface area contributed by atoms with Crippen LogP contribution in [0.1, 0.15) is 239 Å². The molecule has 0 heterocycles. The van der Waals surface area contributed by atoms with Gasteiger partial charge in [-0.1, -0.05) is 224 Å². The Bertz CT molecular complexity index is 1090. The van der Waals surface area contributed by atoms with Crippen LogP contribution < -0.4 is 5.32 Å². The Labute approximate surface area is 378 Å². The first-order valence-electron chi connectivity index (χ1n) is 25.9. The fraction of sp³-hybridized carbons (Fsp3) is 0.865. The normalized spacial score (nSPS) is 14.4. The molecule has 0 aromatic rings. The van der Waals surface area contributed by atoms with Crippen LogP contribution in [0, 0.1) is 0 Å². The SMILES string of the molecule is CC/C=C\C/C=C\C/C=C\CCCCCCCC(=O)NC(COP(=O)(O)OCC[N+](C)(C)C)C(O)CCCCCCCCCCCCCCCCCCCCCCCCCC. The van der Waals surface area contributed by atoms with Crippen molar-refractivity contribution >= 4 is 13.7 Å². The van der Waals surface area contributed by atoms with Gasteiger partial charge in [0.25, 0.3) is 0 Å². The van der Waals surface area contributed by atoms with Gasteiger partial charge in [-0.3, -0.25) is 13.8 Å². The molecular weight excluding hydrogens is 780 g/mol. The lowest BCUT2D eigenvalue weighted by molar-refractivity contribution is -0.870. The predicted octanol–water partition coefficient (Wildman–Crippen LogP) is 15.0. The molecule has 8 nitrogen and oxygen atoms in total. The zero-order chi connectivity index (χ0) is 45.0. The van der Waals surface area contributed by atoms with E-state index < -0.39 is 20.0 Å². The number of phosphoric acid groups is 1. The van der Waals surface area contributed by atoms with E-state index in [9.17, 15) is 19.4 Å². The van der Waals surface area contributed by atoms with E-state index >= 15 is 0 Å². The highest BCUT2D eigenvalue weighted by molar-refractivity contribution is 7.47. The van der Waals surface area contributed by atoms with Gasteiger partial charge in [-0.2, -0.15) is 0 Å². The molecule has 0 aromatic heterocycles. The number of unbranched alkanes of at least 4 members (excludes halogenated alkanes) is 28. The number of carbonyl (C=O) groups is 1. The molecule has 0 aliphatic rings. The van der Waals surface area contributed by atoms with E-state index in [0.29, 0.717) is 23.9 Å². The summed E-state index contributed by atoms with van der Waals surface area (Å²) in [6, 6.07) is -0.769. The average molecular weight is 882 g/mol. The van der Waals surface area contributed by atoms with Gasteiger partial charge in [-0.25, -0.2) is 4.57 Å². The second-order valence-electron chi connectivity index (χ2n) is 18.9. The number of aliphatic hydroxyl groups is 1. The first-order valence-corrected chi connectivity index (χ1v) is 27.3. The summed E-state index contributed by atoms with van der Waals surface area (Å²) >= 11 is 0. The van der Waals surface area contributed by atoms with Gasteiger partial charge in [0.05, 0.1) is 39.9 Å². The monoisotopic (exact) mass is 882 g/mol. The van der Waals surface area contributed by atoms with Crippen LogP contribution in [-0.4, -0.2) is 73.4 Å². The third-order valence-corrected chi connectivity index (χ3v) is 12.6. The highest BCUT2D eigenvalue weighted by Gasteiger charge is 2.28. The molecule has 0 aromatic carbocycles. The molecule has 3 unspecified atom stereocenters. The van der Waals surface area contributed by atoms with E-state index in [4.69, 9.17) is 9.05 Å². The molecule has 0 saturated carbocycles. The van der Waals surface area contributed by atoms with Crippen molar-refractivity contribution in [1.29, 1.82) is 0 Å². The van der Waals surface area contributed by atoms with Gasteiger partial charge in [-0.15, -0.1) is 0 Å². The molecule has 0 fully saturated rings. The van der Waals surface area contributed by atoms with Crippen molar-refractivity contribution in [2.24, 2.45) is 0 Å². The lowest BCUT2D eigenvalue weighted by atomic mass is 10.0. The fourth-order valence-corrected chi connectivity index (χ4v) is 8.33. The Hall–Kier alpha value is -1.28. The van der Waals surface area contributed by atoms with Gasteiger partial charge in [0.2, 0.25) is 5.91 Å². The van der Waals surface area contributed by atoms with Crippen LogP contribution in [0.15, 0.2) is 36.5 Å². The molecule has 0 rings (SSSR count). The predicted molar refractivity (Wildman–Crippen MR) is 263 cm³/mol. The summed E-state index contributed by atoms with van der Waals surface area (Å²) < 4.78 is 23.7. The standard InChI is InChI=1S/C52H101N2O6P/c1-6-8-10-12-14-16-18-20-22-23-24-25-26-27-28-29-30-32-33-35-37-39-41-43-45-51(55)50(49-60-61(57,58)59-48-47-54(3,4)5)53-52(56)46-44-42-40-38-36-34-31-21-19-17-15-13-11-9-7-2/h9,11,15,17,21,31,50-51,55H,6-8,10,12-14,16,18-20,22-30,32-49H2,1-5H3,(H-,53,56,57,58)/p+1/b11-9-,17-15-,31-21-. The number of aliphatic hydroxyl groups excluding tert-OH is 1. The van der Waals surface area contributed by atoms with E-state index in [1.807, 2.05) is 21.1 Å². The maximum absolute atomic E-state index is 12.9. The lowest BCUT2D eigenvalue weighted by Gasteiger charge is -2.26. The Morgan fingerprint density at radius 2 is 0.984 bits per heavy atom. The lowest BCUT2D eigenvalue weighted by Crippen LogP contribution is -2.46. The number of amides is 1. The molecule has 61 heavy (non-hydrogen) atoms. The van der Waals surface area contributed by atoms with Crippen molar-refractivity contribution in [2.45, 2.75) is 251 Å². The second kappa shape index (κ2) is 43.9. The van der Waals surface area contributed by atoms with Crippen molar-refractivity contribution in [3.63, 3.8) is 0 Å². The minimum absolute atomic E-state index is 0.0707. The Balaban J connectivity index is 4.21. The molecule has 0 saturated heterocycles. The van der Waals surface area contributed by atoms with Gasteiger partial charge in [0.15, 0.2) is 0 Å². The number of rotatable bonds is 47. The molecule has 0 aliphatic carbocycles. The molecule has 3 atom stereocenters. The number of nitrogens with zero attached hydrogens (tertiary/aromatic N) is 1. The van der Waals surface area contributed by atoms with Crippen LogP contribution in [0.2, 0.25) is 0 Å². The summed E-state index contributed by atoms with van der Waals surface area (Å²) in [5.41, 5.74) is 0. The number of phosphoric ester groups is 1. The van der Waals surface area contributed by atoms with Crippen LogP contribution in [0.4, 0.5) is 0 Å².